The average molecular weight is 234 g/mol. The van der Waals surface area contributed by atoms with Gasteiger partial charge in [0, 0.05) is 17.9 Å². The highest BCUT2D eigenvalue weighted by Crippen LogP contribution is 2.33. The number of benzene rings is 1. The lowest BCUT2D eigenvalue weighted by Gasteiger charge is -2.09. The van der Waals surface area contributed by atoms with E-state index in [4.69, 9.17) is 23.2 Å². The summed E-state index contributed by atoms with van der Waals surface area (Å²) < 4.78 is 0. The number of hydrogen-bond acceptors (Lipinski definition) is 2. The first-order valence-electron chi connectivity index (χ1n) is 4.06. The quantitative estimate of drug-likeness (QED) is 0.455. The fourth-order valence-electron chi connectivity index (χ4n) is 1.25. The number of nitrogens with zero attached hydrogens (tertiary/aromatic N) is 1. The van der Waals surface area contributed by atoms with E-state index in [0.717, 1.165) is 0 Å². The first-order chi connectivity index (χ1) is 6.57. The maximum Gasteiger partial charge on any atom is 0.274 e. The molecule has 0 heterocycles. The van der Waals surface area contributed by atoms with Crippen LogP contribution in [0.5, 0.6) is 0 Å². The molecule has 1 rings (SSSR count). The van der Waals surface area contributed by atoms with Crippen LogP contribution in [0.2, 0.25) is 5.02 Å². The summed E-state index contributed by atoms with van der Waals surface area (Å²) in [6.07, 6.45) is 0. The lowest BCUT2D eigenvalue weighted by atomic mass is 10.0. The van der Waals surface area contributed by atoms with Gasteiger partial charge in [-0.25, -0.2) is 0 Å². The van der Waals surface area contributed by atoms with Crippen molar-refractivity contribution in [2.24, 2.45) is 0 Å². The van der Waals surface area contributed by atoms with E-state index < -0.39 is 4.92 Å². The zero-order valence-electron chi connectivity index (χ0n) is 7.54. The Labute approximate surface area is 91.8 Å². The molecular weight excluding hydrogens is 225 g/mol. The molecule has 0 fully saturated rings. The number of nitro groups is 1. The molecule has 0 aliphatic rings. The molecule has 0 aromatic heterocycles. The molecule has 5 heteroatoms. The lowest BCUT2D eigenvalue weighted by Crippen LogP contribution is -2.01. The summed E-state index contributed by atoms with van der Waals surface area (Å²) in [5, 5.41) is 11.1. The van der Waals surface area contributed by atoms with Gasteiger partial charge in [0.2, 0.25) is 0 Å². The zero-order valence-corrected chi connectivity index (χ0v) is 9.05. The molecule has 1 atom stereocenters. The molecule has 3 nitrogen and oxygen atoms in total. The highest BCUT2D eigenvalue weighted by atomic mass is 35.5. The van der Waals surface area contributed by atoms with E-state index in [1.165, 1.54) is 6.07 Å². The topological polar surface area (TPSA) is 43.1 Å². The molecule has 1 aromatic carbocycles. The predicted molar refractivity (Wildman–Crippen MR) is 57.2 cm³/mol. The molecule has 0 aliphatic carbocycles. The first kappa shape index (κ1) is 11.3. The Kier molecular flexibility index (Phi) is 3.72. The second-order valence-electron chi connectivity index (χ2n) is 2.99. The van der Waals surface area contributed by atoms with Crippen molar-refractivity contribution in [3.8, 4) is 0 Å². The van der Waals surface area contributed by atoms with Gasteiger partial charge >= 0.3 is 0 Å². The maximum absolute atomic E-state index is 10.7. The largest absolute Gasteiger partial charge is 0.274 e. The minimum Gasteiger partial charge on any atom is -0.258 e. The van der Waals surface area contributed by atoms with Crippen molar-refractivity contribution in [3.05, 3.63) is 38.9 Å². The van der Waals surface area contributed by atoms with Gasteiger partial charge in [0.05, 0.1) is 15.5 Å². The van der Waals surface area contributed by atoms with Crippen LogP contribution in [0.25, 0.3) is 0 Å². The smallest absolute Gasteiger partial charge is 0.258 e. The van der Waals surface area contributed by atoms with Gasteiger partial charge < -0.3 is 0 Å². The van der Waals surface area contributed by atoms with Gasteiger partial charge in [0.25, 0.3) is 5.69 Å². The summed E-state index contributed by atoms with van der Waals surface area (Å²) >= 11 is 11.5. The van der Waals surface area contributed by atoms with Gasteiger partial charge in [-0.3, -0.25) is 10.1 Å². The summed E-state index contributed by atoms with van der Waals surface area (Å²) in [5.41, 5.74) is 0.541. The van der Waals surface area contributed by atoms with Crippen molar-refractivity contribution in [1.82, 2.24) is 0 Å². The maximum atomic E-state index is 10.7. The van der Waals surface area contributed by atoms with Crippen LogP contribution in [0.3, 0.4) is 0 Å². The summed E-state index contributed by atoms with van der Waals surface area (Å²) in [6.45, 7) is 1.81. The summed E-state index contributed by atoms with van der Waals surface area (Å²) in [7, 11) is 0. The predicted octanol–water partition coefficient (Wildman–Crippen LogP) is 3.59. The third kappa shape index (κ3) is 2.16. The Morgan fingerprint density at radius 2 is 2.21 bits per heavy atom. The number of nitro benzene ring substituents is 1. The monoisotopic (exact) mass is 233 g/mol. The van der Waals surface area contributed by atoms with Crippen LogP contribution >= 0.6 is 23.2 Å². The average Bonchev–Trinajstić information content (AvgIpc) is 2.16. The molecule has 0 N–H and O–H groups in total. The minimum absolute atomic E-state index is 0.0330. The normalized spacial score (nSPS) is 12.5. The third-order valence-corrected chi connectivity index (χ3v) is 2.74. The number of hydrogen-bond donors (Lipinski definition) is 0. The Morgan fingerprint density at radius 1 is 1.57 bits per heavy atom. The Hall–Kier alpha value is -0.800. The van der Waals surface area contributed by atoms with E-state index in [2.05, 4.69) is 0 Å². The molecule has 1 aromatic rings. The Balaban J connectivity index is 3.29. The molecule has 76 valence electrons. The summed E-state index contributed by atoms with van der Waals surface area (Å²) in [6, 6.07) is 4.63. The van der Waals surface area contributed by atoms with Crippen LogP contribution in [0.15, 0.2) is 18.2 Å². The van der Waals surface area contributed by atoms with Crippen molar-refractivity contribution in [1.29, 1.82) is 0 Å². The second kappa shape index (κ2) is 4.62. The fourth-order valence-corrected chi connectivity index (χ4v) is 1.76. The van der Waals surface area contributed by atoms with Gasteiger partial charge in [-0.1, -0.05) is 24.6 Å². The summed E-state index contributed by atoms with van der Waals surface area (Å²) in [5.74, 6) is 0.190. The van der Waals surface area contributed by atoms with Crippen LogP contribution in [0, 0.1) is 10.1 Å². The molecule has 0 spiro atoms. The number of halogens is 2. The van der Waals surface area contributed by atoms with Gasteiger partial charge in [-0.15, -0.1) is 11.6 Å². The zero-order chi connectivity index (χ0) is 10.7. The van der Waals surface area contributed by atoms with E-state index in [0.29, 0.717) is 16.5 Å². The van der Waals surface area contributed by atoms with Crippen molar-refractivity contribution >= 4 is 28.9 Å². The van der Waals surface area contributed by atoms with Crippen LogP contribution in [-0.4, -0.2) is 10.8 Å². The van der Waals surface area contributed by atoms with Gasteiger partial charge in [-0.05, 0) is 6.07 Å². The second-order valence-corrected chi connectivity index (χ2v) is 3.70. The number of alkyl halides is 1. The summed E-state index contributed by atoms with van der Waals surface area (Å²) in [4.78, 5) is 10.3. The Morgan fingerprint density at radius 3 is 2.71 bits per heavy atom. The van der Waals surface area contributed by atoms with Crippen molar-refractivity contribution in [2.45, 2.75) is 12.8 Å². The van der Waals surface area contributed by atoms with E-state index in [9.17, 15) is 10.1 Å². The number of rotatable bonds is 3. The molecule has 0 amide bonds. The van der Waals surface area contributed by atoms with E-state index in [1.807, 2.05) is 0 Å². The van der Waals surface area contributed by atoms with E-state index in [1.54, 1.807) is 19.1 Å². The fraction of sp³-hybridized carbons (Fsp3) is 0.333. The molecule has 0 saturated carbocycles. The van der Waals surface area contributed by atoms with Crippen molar-refractivity contribution in [2.75, 3.05) is 5.88 Å². The Bertz CT molecular complexity index is 355. The standard InChI is InChI=1S/C9H9Cl2NO2/c1-6(5-10)9-7(11)3-2-4-8(9)12(13)14/h2-4,6H,5H2,1H3. The molecule has 0 saturated heterocycles. The van der Waals surface area contributed by atoms with E-state index in [-0.39, 0.29) is 11.6 Å². The van der Waals surface area contributed by atoms with Crippen LogP contribution < -0.4 is 0 Å². The van der Waals surface area contributed by atoms with Crippen LogP contribution in [-0.2, 0) is 0 Å². The van der Waals surface area contributed by atoms with E-state index >= 15 is 0 Å². The molecule has 1 unspecified atom stereocenters. The van der Waals surface area contributed by atoms with Crippen molar-refractivity contribution < 1.29 is 4.92 Å². The lowest BCUT2D eigenvalue weighted by molar-refractivity contribution is -0.385. The highest BCUT2D eigenvalue weighted by molar-refractivity contribution is 6.31. The van der Waals surface area contributed by atoms with Crippen LogP contribution in [0.1, 0.15) is 18.4 Å². The molecular formula is C9H9Cl2NO2. The molecule has 0 bridgehead atoms. The van der Waals surface area contributed by atoms with Gasteiger partial charge in [-0.2, -0.15) is 0 Å². The highest BCUT2D eigenvalue weighted by Gasteiger charge is 2.20. The van der Waals surface area contributed by atoms with Gasteiger partial charge in [0.15, 0.2) is 0 Å². The first-order valence-corrected chi connectivity index (χ1v) is 4.98. The molecule has 14 heavy (non-hydrogen) atoms. The van der Waals surface area contributed by atoms with Crippen LogP contribution in [0.4, 0.5) is 5.69 Å². The van der Waals surface area contributed by atoms with Crippen molar-refractivity contribution in [3.63, 3.8) is 0 Å². The SMILES string of the molecule is CC(CCl)c1c(Cl)cccc1[N+](=O)[O-]. The third-order valence-electron chi connectivity index (χ3n) is 1.95. The minimum atomic E-state index is -0.440. The molecule has 0 aliphatic heterocycles. The molecule has 0 radical (unpaired) electrons. The van der Waals surface area contributed by atoms with Gasteiger partial charge in [0.1, 0.15) is 0 Å².